The molecule has 1 aliphatic heterocycles. The van der Waals surface area contributed by atoms with Crippen molar-refractivity contribution in [2.45, 2.75) is 44.0 Å². The van der Waals surface area contributed by atoms with Crippen molar-refractivity contribution in [2.75, 3.05) is 25.0 Å². The number of anilines is 2. The average molecular weight is 453 g/mol. The molecule has 0 fully saturated rings. The molecule has 6 heteroatoms. The summed E-state index contributed by atoms with van der Waals surface area (Å²) in [4.78, 5) is 6.16. The lowest BCUT2D eigenvalue weighted by Gasteiger charge is -2.35. The number of phenols is 2. The maximum Gasteiger partial charge on any atom is 0.120 e. The zero-order chi connectivity index (χ0) is 22.1. The number of phenolic OH excluding ortho intramolecular Hbond substituents is 2. The van der Waals surface area contributed by atoms with Gasteiger partial charge < -0.3 is 20.0 Å². The standard InChI is InChI=1S/C25H28N2O3S.CH4/c1-17-9-12-24-25(18(17)2)27(21-7-4-5-8-23(21)31(24)30)14-6-13-26(3)16-19-15-20(28)10-11-22(19)29;/h4-5,7-12,15,28-29H,6,13-14,16H2,1-3H3;1H4. The molecule has 4 rings (SSSR count). The first-order valence-electron chi connectivity index (χ1n) is 10.4. The first kappa shape index (κ1) is 23.8. The Morgan fingerprint density at radius 2 is 1.75 bits per heavy atom. The SMILES string of the molecule is C.Cc1ccc2c(c1C)N(CCCN(C)Cc1cc(O)ccc1O)c1ccccc1S2=O. The quantitative estimate of drug-likeness (QED) is 0.484. The van der Waals surface area contributed by atoms with Crippen LogP contribution in [0, 0.1) is 13.8 Å². The zero-order valence-electron chi connectivity index (χ0n) is 18.1. The van der Waals surface area contributed by atoms with E-state index in [-0.39, 0.29) is 18.9 Å². The molecule has 1 aliphatic rings. The first-order chi connectivity index (χ1) is 14.9. The van der Waals surface area contributed by atoms with Gasteiger partial charge in [0.1, 0.15) is 11.5 Å². The molecule has 3 aromatic rings. The molecule has 1 heterocycles. The molecule has 0 radical (unpaired) electrons. The van der Waals surface area contributed by atoms with Crippen LogP contribution in [-0.4, -0.2) is 39.5 Å². The molecule has 0 saturated heterocycles. The second-order valence-corrected chi connectivity index (χ2v) is 9.56. The molecule has 0 aromatic heterocycles. The van der Waals surface area contributed by atoms with Crippen LogP contribution in [0.25, 0.3) is 0 Å². The highest BCUT2D eigenvalue weighted by atomic mass is 32.2. The third kappa shape index (κ3) is 4.52. The van der Waals surface area contributed by atoms with E-state index in [2.05, 4.69) is 23.6 Å². The third-order valence-electron chi connectivity index (χ3n) is 5.92. The Balaban J connectivity index is 0.00000289. The zero-order valence-corrected chi connectivity index (χ0v) is 18.9. The van der Waals surface area contributed by atoms with Gasteiger partial charge in [0.2, 0.25) is 0 Å². The molecule has 0 amide bonds. The van der Waals surface area contributed by atoms with Crippen LogP contribution < -0.4 is 4.90 Å². The minimum absolute atomic E-state index is 0. The van der Waals surface area contributed by atoms with Gasteiger partial charge >= 0.3 is 0 Å². The molecule has 170 valence electrons. The summed E-state index contributed by atoms with van der Waals surface area (Å²) >= 11 is 0. The van der Waals surface area contributed by atoms with Crippen LogP contribution in [0.1, 0.15) is 30.5 Å². The smallest absolute Gasteiger partial charge is 0.120 e. The molecule has 1 unspecified atom stereocenters. The van der Waals surface area contributed by atoms with Gasteiger partial charge in [-0.1, -0.05) is 25.6 Å². The lowest BCUT2D eigenvalue weighted by atomic mass is 10.1. The van der Waals surface area contributed by atoms with E-state index in [0.717, 1.165) is 40.7 Å². The molecular weight excluding hydrogens is 420 g/mol. The second-order valence-electron chi connectivity index (χ2n) is 8.15. The average Bonchev–Trinajstić information content (AvgIpc) is 2.75. The van der Waals surface area contributed by atoms with E-state index in [1.54, 1.807) is 6.07 Å². The van der Waals surface area contributed by atoms with Crippen molar-refractivity contribution in [1.82, 2.24) is 4.90 Å². The summed E-state index contributed by atoms with van der Waals surface area (Å²) in [5.41, 5.74) is 5.13. The minimum atomic E-state index is -1.18. The number of hydrogen-bond donors (Lipinski definition) is 2. The fourth-order valence-electron chi connectivity index (χ4n) is 4.14. The van der Waals surface area contributed by atoms with E-state index in [4.69, 9.17) is 0 Å². The van der Waals surface area contributed by atoms with E-state index in [0.29, 0.717) is 12.1 Å². The number of fused-ring (bicyclic) bond motifs is 2. The van der Waals surface area contributed by atoms with Crippen molar-refractivity contribution in [2.24, 2.45) is 0 Å². The Morgan fingerprint density at radius 1 is 1.00 bits per heavy atom. The van der Waals surface area contributed by atoms with Gasteiger partial charge in [-0.15, -0.1) is 0 Å². The van der Waals surface area contributed by atoms with Crippen molar-refractivity contribution in [3.8, 4) is 11.5 Å². The summed E-state index contributed by atoms with van der Waals surface area (Å²) in [6.45, 7) is 6.35. The van der Waals surface area contributed by atoms with E-state index in [1.165, 1.54) is 23.3 Å². The van der Waals surface area contributed by atoms with Crippen LogP contribution in [0.5, 0.6) is 11.5 Å². The Labute approximate surface area is 193 Å². The molecular formula is C26H32N2O3S. The second kappa shape index (κ2) is 9.76. The van der Waals surface area contributed by atoms with Crippen LogP contribution in [0.2, 0.25) is 0 Å². The van der Waals surface area contributed by atoms with Gasteiger partial charge in [0.05, 0.1) is 32.0 Å². The predicted molar refractivity (Wildman–Crippen MR) is 131 cm³/mol. The van der Waals surface area contributed by atoms with Crippen molar-refractivity contribution >= 4 is 22.2 Å². The van der Waals surface area contributed by atoms with E-state index < -0.39 is 10.8 Å². The maximum absolute atomic E-state index is 13.2. The monoisotopic (exact) mass is 452 g/mol. The molecule has 3 aromatic carbocycles. The van der Waals surface area contributed by atoms with E-state index in [9.17, 15) is 14.4 Å². The van der Waals surface area contributed by atoms with Crippen molar-refractivity contribution in [1.29, 1.82) is 0 Å². The molecule has 5 nitrogen and oxygen atoms in total. The summed E-state index contributed by atoms with van der Waals surface area (Å²) in [7, 11) is 0.827. The van der Waals surface area contributed by atoms with Crippen molar-refractivity contribution in [3.63, 3.8) is 0 Å². The Morgan fingerprint density at radius 3 is 2.53 bits per heavy atom. The topological polar surface area (TPSA) is 64.0 Å². The number of aromatic hydroxyl groups is 2. The molecule has 1 atom stereocenters. The highest BCUT2D eigenvalue weighted by Gasteiger charge is 2.29. The molecule has 0 saturated carbocycles. The Kier molecular flexibility index (Phi) is 7.26. The number of para-hydroxylation sites is 1. The highest BCUT2D eigenvalue weighted by Crippen LogP contribution is 2.44. The highest BCUT2D eigenvalue weighted by molar-refractivity contribution is 7.85. The number of benzene rings is 3. The maximum atomic E-state index is 13.2. The minimum Gasteiger partial charge on any atom is -0.508 e. The molecule has 0 aliphatic carbocycles. The summed E-state index contributed by atoms with van der Waals surface area (Å²) in [6, 6.07) is 16.6. The summed E-state index contributed by atoms with van der Waals surface area (Å²) in [5.74, 6) is 0.346. The number of rotatable bonds is 6. The Bertz CT molecular complexity index is 1150. The fourth-order valence-corrected chi connectivity index (χ4v) is 5.57. The lowest BCUT2D eigenvalue weighted by molar-refractivity contribution is 0.316. The molecule has 0 spiro atoms. The summed E-state index contributed by atoms with van der Waals surface area (Å²) < 4.78 is 13.2. The van der Waals surface area contributed by atoms with Crippen LogP contribution in [0.15, 0.2) is 64.4 Å². The first-order valence-corrected chi connectivity index (χ1v) is 11.6. The van der Waals surface area contributed by atoms with Crippen molar-refractivity contribution in [3.05, 3.63) is 71.3 Å². The molecule has 0 bridgehead atoms. The largest absolute Gasteiger partial charge is 0.508 e. The number of hydrogen-bond acceptors (Lipinski definition) is 5. The molecule has 2 N–H and O–H groups in total. The predicted octanol–water partition coefficient (Wildman–Crippen LogP) is 5.49. The number of nitrogens with zero attached hydrogens (tertiary/aromatic N) is 2. The summed E-state index contributed by atoms with van der Waals surface area (Å²) in [5, 5.41) is 19.7. The van der Waals surface area contributed by atoms with Gasteiger partial charge in [-0.2, -0.15) is 0 Å². The van der Waals surface area contributed by atoms with Crippen molar-refractivity contribution < 1.29 is 14.4 Å². The van der Waals surface area contributed by atoms with Crippen LogP contribution in [-0.2, 0) is 17.3 Å². The normalized spacial score (nSPS) is 14.6. The number of aryl methyl sites for hydroxylation is 1. The van der Waals surface area contributed by atoms with E-state index >= 15 is 0 Å². The Hall–Kier alpha value is -2.83. The fraction of sp³-hybridized carbons (Fsp3) is 0.308. The van der Waals surface area contributed by atoms with Gasteiger partial charge in [0, 0.05) is 18.7 Å². The van der Waals surface area contributed by atoms with Crippen LogP contribution >= 0.6 is 0 Å². The summed E-state index contributed by atoms with van der Waals surface area (Å²) in [6.07, 6.45) is 0.893. The van der Waals surface area contributed by atoms with Gasteiger partial charge in [-0.05, 0) is 81.4 Å². The molecule has 32 heavy (non-hydrogen) atoms. The van der Waals surface area contributed by atoms with Gasteiger partial charge in [0.15, 0.2) is 0 Å². The lowest BCUT2D eigenvalue weighted by Crippen LogP contribution is -2.29. The van der Waals surface area contributed by atoms with Gasteiger partial charge in [-0.25, -0.2) is 4.21 Å². The van der Waals surface area contributed by atoms with Crippen LogP contribution in [0.3, 0.4) is 0 Å². The van der Waals surface area contributed by atoms with Gasteiger partial charge in [0.25, 0.3) is 0 Å². The third-order valence-corrected chi connectivity index (χ3v) is 7.39. The van der Waals surface area contributed by atoms with Crippen LogP contribution in [0.4, 0.5) is 11.4 Å². The van der Waals surface area contributed by atoms with E-state index in [1.807, 2.05) is 43.4 Å². The van der Waals surface area contributed by atoms with Gasteiger partial charge in [-0.3, -0.25) is 0 Å².